The quantitative estimate of drug-likeness (QED) is 0.754. The summed E-state index contributed by atoms with van der Waals surface area (Å²) in [7, 11) is -3.63. The lowest BCUT2D eigenvalue weighted by atomic mass is 9.95. The van der Waals surface area contributed by atoms with E-state index in [-0.39, 0.29) is 16.7 Å². The van der Waals surface area contributed by atoms with E-state index in [0.717, 1.165) is 17.8 Å². The van der Waals surface area contributed by atoms with Gasteiger partial charge in [-0.2, -0.15) is 8.42 Å². The first kappa shape index (κ1) is 20.9. The van der Waals surface area contributed by atoms with E-state index < -0.39 is 10.0 Å². The number of nitrogens with one attached hydrogen (secondary N) is 1. The van der Waals surface area contributed by atoms with Gasteiger partial charge < -0.3 is 10.2 Å². The molecule has 0 aliphatic carbocycles. The first-order chi connectivity index (χ1) is 14.4. The molecule has 1 aromatic carbocycles. The Morgan fingerprint density at radius 3 is 2.60 bits per heavy atom. The van der Waals surface area contributed by atoms with E-state index in [4.69, 9.17) is 0 Å². The van der Waals surface area contributed by atoms with Crippen LogP contribution in [0.5, 0.6) is 0 Å². The van der Waals surface area contributed by atoms with E-state index >= 15 is 0 Å². The largest absolute Gasteiger partial charge is 0.355 e. The molecule has 1 aromatic heterocycles. The van der Waals surface area contributed by atoms with Gasteiger partial charge in [0.05, 0.1) is 0 Å². The minimum atomic E-state index is -3.63. The Bertz CT molecular complexity index is 1070. The highest BCUT2D eigenvalue weighted by Gasteiger charge is 2.34. The molecular weight excluding hydrogens is 422 g/mol. The van der Waals surface area contributed by atoms with Gasteiger partial charge in [0.25, 0.3) is 10.0 Å². The van der Waals surface area contributed by atoms with E-state index in [9.17, 15) is 13.2 Å². The highest BCUT2D eigenvalue weighted by Crippen LogP contribution is 2.31. The normalized spacial score (nSPS) is 18.4. The topological polar surface area (TPSA) is 105 Å². The fraction of sp³-hybridized carbons (Fsp3) is 0.500. The molecule has 30 heavy (non-hydrogen) atoms. The first-order valence-electron chi connectivity index (χ1n) is 10.3. The zero-order valence-electron chi connectivity index (χ0n) is 17.0. The summed E-state index contributed by atoms with van der Waals surface area (Å²) in [5.74, 6) is 0.671. The second-order valence-electron chi connectivity index (χ2n) is 7.60. The first-order valence-corrected chi connectivity index (χ1v) is 12.5. The van der Waals surface area contributed by atoms with Crippen molar-refractivity contribution >= 4 is 38.2 Å². The maximum atomic E-state index is 12.7. The maximum absolute atomic E-state index is 12.7. The van der Waals surface area contributed by atoms with Crippen LogP contribution >= 0.6 is 11.3 Å². The summed E-state index contributed by atoms with van der Waals surface area (Å²) < 4.78 is 28.6. The number of hydrogen-bond donors (Lipinski definition) is 1. The number of piperidine rings is 1. The van der Waals surface area contributed by atoms with Gasteiger partial charge in [-0.3, -0.25) is 4.79 Å². The maximum Gasteiger partial charge on any atom is 0.285 e. The van der Waals surface area contributed by atoms with Crippen LogP contribution in [0.2, 0.25) is 0 Å². The van der Waals surface area contributed by atoms with Gasteiger partial charge >= 0.3 is 0 Å². The Morgan fingerprint density at radius 1 is 1.20 bits per heavy atom. The summed E-state index contributed by atoms with van der Waals surface area (Å²) >= 11 is 1.45. The number of anilines is 1. The smallest absolute Gasteiger partial charge is 0.285 e. The lowest BCUT2D eigenvalue weighted by molar-refractivity contribution is -0.120. The van der Waals surface area contributed by atoms with E-state index in [0.29, 0.717) is 48.4 Å². The molecule has 1 amide bonds. The number of amides is 1. The van der Waals surface area contributed by atoms with Gasteiger partial charge in [-0.25, -0.2) is 0 Å². The minimum Gasteiger partial charge on any atom is -0.355 e. The summed E-state index contributed by atoms with van der Waals surface area (Å²) in [5, 5.41) is 12.8. The zero-order chi connectivity index (χ0) is 21.3. The second kappa shape index (κ2) is 8.43. The van der Waals surface area contributed by atoms with Crippen molar-refractivity contribution in [2.75, 3.05) is 18.4 Å². The monoisotopic (exact) mass is 447 g/mol. The molecule has 2 aromatic rings. The van der Waals surface area contributed by atoms with Gasteiger partial charge in [-0.1, -0.05) is 37.3 Å². The molecule has 4 rings (SSSR count). The third-order valence-electron chi connectivity index (χ3n) is 5.78. The summed E-state index contributed by atoms with van der Waals surface area (Å²) in [5.41, 5.74) is 0.642. The van der Waals surface area contributed by atoms with E-state index in [1.807, 2.05) is 11.0 Å². The molecule has 1 N–H and O–H groups in total. The number of nitrogens with zero attached hydrogens (tertiary/aromatic N) is 4. The minimum absolute atomic E-state index is 0.0525. The highest BCUT2D eigenvalue weighted by molar-refractivity contribution is 7.90. The molecule has 0 bridgehead atoms. The number of carbonyl (C=O) groups excluding carboxylic acids is 1. The molecule has 0 radical (unpaired) electrons. The second-order valence-corrected chi connectivity index (χ2v) is 10.2. The Kier molecular flexibility index (Phi) is 5.88. The van der Waals surface area contributed by atoms with Crippen LogP contribution in [0.25, 0.3) is 0 Å². The van der Waals surface area contributed by atoms with Crippen LogP contribution in [-0.4, -0.2) is 48.3 Å². The number of sulfonamides is 1. The summed E-state index contributed by atoms with van der Waals surface area (Å²) in [6, 6.07) is 6.88. The number of hydrogen-bond acceptors (Lipinski definition) is 7. The van der Waals surface area contributed by atoms with Crippen molar-refractivity contribution in [3.63, 3.8) is 0 Å². The van der Waals surface area contributed by atoms with Crippen molar-refractivity contribution in [1.82, 2.24) is 15.1 Å². The predicted octanol–water partition coefficient (Wildman–Crippen LogP) is 3.24. The van der Waals surface area contributed by atoms with Crippen LogP contribution in [0.4, 0.5) is 5.13 Å². The van der Waals surface area contributed by atoms with E-state index in [1.54, 1.807) is 18.2 Å². The highest BCUT2D eigenvalue weighted by atomic mass is 32.2. The molecule has 160 valence electrons. The van der Waals surface area contributed by atoms with Crippen LogP contribution in [0.1, 0.15) is 56.0 Å². The van der Waals surface area contributed by atoms with Crippen LogP contribution < -0.4 is 5.32 Å². The fourth-order valence-electron chi connectivity index (χ4n) is 3.97. The van der Waals surface area contributed by atoms with Gasteiger partial charge in [-0.15, -0.1) is 14.6 Å². The van der Waals surface area contributed by atoms with Crippen molar-refractivity contribution in [2.45, 2.75) is 50.3 Å². The molecule has 0 saturated carbocycles. The average Bonchev–Trinajstić information content (AvgIpc) is 3.31. The number of amidine groups is 1. The molecule has 2 aliphatic heterocycles. The van der Waals surface area contributed by atoms with Gasteiger partial charge in [-0.05, 0) is 37.8 Å². The molecule has 2 aliphatic rings. The molecule has 8 nitrogen and oxygen atoms in total. The Balaban J connectivity index is 1.38. The number of likely N-dealkylation sites (tertiary alicyclic amines) is 1. The molecular formula is C20H25N5O3S2. The molecule has 0 spiro atoms. The van der Waals surface area contributed by atoms with E-state index in [2.05, 4.69) is 33.8 Å². The molecule has 0 atom stereocenters. The fourth-order valence-corrected chi connectivity index (χ4v) is 6.21. The Labute approximate surface area is 180 Å². The number of fused-ring (bicyclic) bond motifs is 1. The standard InChI is InChI=1S/C20H25N5O3S2/c1-3-13(4-2)19-22-23-20(29-19)21-18(26)14-9-11-25(12-10-14)17-15-7-5-6-8-16(15)30(27,28)24-17/h5-8,13-14H,3-4,9-12H2,1-2H3,(H,21,23,26). The molecule has 1 fully saturated rings. The summed E-state index contributed by atoms with van der Waals surface area (Å²) in [4.78, 5) is 14.9. The molecule has 1 saturated heterocycles. The molecule has 10 heteroatoms. The van der Waals surface area contributed by atoms with Crippen molar-refractivity contribution in [3.8, 4) is 0 Å². The van der Waals surface area contributed by atoms with Crippen molar-refractivity contribution < 1.29 is 13.2 Å². The van der Waals surface area contributed by atoms with Crippen molar-refractivity contribution in [1.29, 1.82) is 0 Å². The van der Waals surface area contributed by atoms with Gasteiger partial charge in [0.1, 0.15) is 9.90 Å². The van der Waals surface area contributed by atoms with Crippen LogP contribution in [0.3, 0.4) is 0 Å². The third-order valence-corrected chi connectivity index (χ3v) is 8.11. The van der Waals surface area contributed by atoms with E-state index in [1.165, 1.54) is 11.3 Å². The number of rotatable bonds is 5. The Morgan fingerprint density at radius 2 is 1.90 bits per heavy atom. The average molecular weight is 448 g/mol. The summed E-state index contributed by atoms with van der Waals surface area (Å²) in [6.07, 6.45) is 3.26. The SMILES string of the molecule is CCC(CC)c1nnc(NC(=O)C2CCN(C3=NS(=O)(=O)c4ccccc43)CC2)s1. The lowest BCUT2D eigenvalue weighted by Gasteiger charge is -2.32. The molecule has 3 heterocycles. The van der Waals surface area contributed by atoms with Crippen LogP contribution in [-0.2, 0) is 14.8 Å². The van der Waals surface area contributed by atoms with Crippen molar-refractivity contribution in [3.05, 3.63) is 34.8 Å². The number of carbonyl (C=O) groups is 1. The lowest BCUT2D eigenvalue weighted by Crippen LogP contribution is -2.41. The predicted molar refractivity (Wildman–Crippen MR) is 116 cm³/mol. The number of benzene rings is 1. The van der Waals surface area contributed by atoms with Crippen LogP contribution in [0, 0.1) is 5.92 Å². The van der Waals surface area contributed by atoms with Crippen molar-refractivity contribution in [2.24, 2.45) is 10.3 Å². The molecule has 0 unspecified atom stereocenters. The Hall–Kier alpha value is -2.33. The van der Waals surface area contributed by atoms with Gasteiger partial charge in [0, 0.05) is 30.5 Å². The van der Waals surface area contributed by atoms with Gasteiger partial charge in [0.15, 0.2) is 5.84 Å². The zero-order valence-corrected chi connectivity index (χ0v) is 18.7. The third kappa shape index (κ3) is 3.98. The number of aromatic nitrogens is 2. The summed E-state index contributed by atoms with van der Waals surface area (Å²) in [6.45, 7) is 5.41. The van der Waals surface area contributed by atoms with Crippen LogP contribution in [0.15, 0.2) is 33.6 Å². The van der Waals surface area contributed by atoms with Gasteiger partial charge in [0.2, 0.25) is 11.0 Å².